The quantitative estimate of drug-likeness (QED) is 0.863. The van der Waals surface area contributed by atoms with E-state index in [9.17, 15) is 0 Å². The van der Waals surface area contributed by atoms with Crippen LogP contribution < -0.4 is 15.2 Å². The van der Waals surface area contributed by atoms with E-state index in [4.69, 9.17) is 19.9 Å². The summed E-state index contributed by atoms with van der Waals surface area (Å²) >= 11 is 0. The summed E-state index contributed by atoms with van der Waals surface area (Å²) in [4.78, 5) is 8.85. The van der Waals surface area contributed by atoms with Gasteiger partial charge in [0.1, 0.15) is 18.1 Å². The first kappa shape index (κ1) is 12.0. The molecule has 0 radical (unpaired) electrons. The summed E-state index contributed by atoms with van der Waals surface area (Å²) in [7, 11) is 1.60. The van der Waals surface area contributed by atoms with Crippen molar-refractivity contribution in [3.63, 3.8) is 0 Å². The van der Waals surface area contributed by atoms with Crippen molar-refractivity contribution in [2.24, 2.45) is 10.7 Å². The Bertz CT molecular complexity index is 760. The molecule has 1 unspecified atom stereocenters. The number of ether oxygens (including phenoxy) is 3. The van der Waals surface area contributed by atoms with Crippen LogP contribution in [0.5, 0.6) is 17.4 Å². The zero-order valence-corrected chi connectivity index (χ0v) is 11.4. The van der Waals surface area contributed by atoms with Crippen LogP contribution in [0.1, 0.15) is 11.1 Å². The maximum absolute atomic E-state index is 5.89. The molecule has 3 heterocycles. The topological polar surface area (TPSA) is 79.0 Å². The van der Waals surface area contributed by atoms with E-state index in [1.807, 2.05) is 24.3 Å². The number of amidine groups is 1. The lowest BCUT2D eigenvalue weighted by atomic mass is 9.82. The van der Waals surface area contributed by atoms with E-state index < -0.39 is 5.54 Å². The average molecular weight is 283 g/mol. The van der Waals surface area contributed by atoms with Gasteiger partial charge in [-0.1, -0.05) is 18.2 Å². The van der Waals surface area contributed by atoms with Gasteiger partial charge in [0.2, 0.25) is 5.88 Å². The van der Waals surface area contributed by atoms with Gasteiger partial charge in [0.25, 0.3) is 6.02 Å². The highest BCUT2D eigenvalue weighted by Gasteiger charge is 2.49. The third kappa shape index (κ3) is 1.53. The van der Waals surface area contributed by atoms with Crippen LogP contribution in [0.15, 0.2) is 41.5 Å². The zero-order chi connectivity index (χ0) is 14.4. The van der Waals surface area contributed by atoms with E-state index in [1.165, 1.54) is 0 Å². The number of aromatic nitrogens is 1. The molecule has 0 aliphatic carbocycles. The van der Waals surface area contributed by atoms with Gasteiger partial charge in [-0.05, 0) is 12.1 Å². The zero-order valence-electron chi connectivity index (χ0n) is 11.4. The molecule has 1 spiro atoms. The maximum atomic E-state index is 5.89. The molecule has 2 aliphatic rings. The molecule has 106 valence electrons. The molecule has 1 aromatic carbocycles. The SMILES string of the molecule is COc1ccnc2c1C1(COC(N)=N1)c1ccccc1O2. The van der Waals surface area contributed by atoms with Crippen molar-refractivity contribution >= 4 is 6.02 Å². The standard InChI is InChI=1S/C15H13N3O3/c1-19-11-6-7-17-13-12(11)15(8-20-14(16)18-15)9-4-2-3-5-10(9)21-13/h2-7H,8H2,1H3,(H2,16,18). The molecule has 2 aliphatic heterocycles. The number of methoxy groups -OCH3 is 1. The fraction of sp³-hybridized carbons (Fsp3) is 0.200. The average Bonchev–Trinajstić information content (AvgIpc) is 2.89. The Morgan fingerprint density at radius 1 is 1.29 bits per heavy atom. The van der Waals surface area contributed by atoms with E-state index in [2.05, 4.69) is 9.98 Å². The summed E-state index contributed by atoms with van der Waals surface area (Å²) in [5.74, 6) is 1.82. The Hall–Kier alpha value is -2.76. The molecule has 6 nitrogen and oxygen atoms in total. The van der Waals surface area contributed by atoms with Crippen LogP contribution in [0.4, 0.5) is 0 Å². The Kier molecular flexibility index (Phi) is 2.35. The summed E-state index contributed by atoms with van der Waals surface area (Å²) < 4.78 is 16.8. The number of aliphatic imine (C=N–C) groups is 1. The Morgan fingerprint density at radius 3 is 2.90 bits per heavy atom. The fourth-order valence-electron chi connectivity index (χ4n) is 2.89. The van der Waals surface area contributed by atoms with Crippen molar-refractivity contribution in [2.45, 2.75) is 5.54 Å². The highest BCUT2D eigenvalue weighted by molar-refractivity contribution is 5.77. The normalized spacial score (nSPS) is 21.9. The minimum absolute atomic E-state index is 0.156. The second-order valence-corrected chi connectivity index (χ2v) is 4.89. The van der Waals surface area contributed by atoms with Crippen LogP contribution in [0.3, 0.4) is 0 Å². The molecule has 1 atom stereocenters. The van der Waals surface area contributed by atoms with Crippen molar-refractivity contribution in [3.8, 4) is 17.4 Å². The number of nitrogens with two attached hydrogens (primary N) is 1. The second-order valence-electron chi connectivity index (χ2n) is 4.89. The van der Waals surface area contributed by atoms with Gasteiger partial charge in [-0.25, -0.2) is 9.98 Å². The smallest absolute Gasteiger partial charge is 0.283 e. The van der Waals surface area contributed by atoms with Gasteiger partial charge in [-0.3, -0.25) is 0 Å². The van der Waals surface area contributed by atoms with E-state index in [0.29, 0.717) is 24.0 Å². The van der Waals surface area contributed by atoms with Crippen molar-refractivity contribution in [3.05, 3.63) is 47.7 Å². The number of rotatable bonds is 1. The molecule has 0 fully saturated rings. The minimum Gasteiger partial charge on any atom is -0.496 e. The molecule has 6 heteroatoms. The molecule has 4 rings (SSSR count). The number of pyridine rings is 1. The monoisotopic (exact) mass is 283 g/mol. The third-order valence-electron chi connectivity index (χ3n) is 3.78. The number of benzene rings is 1. The van der Waals surface area contributed by atoms with Crippen molar-refractivity contribution in [2.75, 3.05) is 13.7 Å². The third-order valence-corrected chi connectivity index (χ3v) is 3.78. The molecule has 21 heavy (non-hydrogen) atoms. The van der Waals surface area contributed by atoms with Gasteiger partial charge >= 0.3 is 0 Å². The van der Waals surface area contributed by atoms with E-state index >= 15 is 0 Å². The Morgan fingerprint density at radius 2 is 2.14 bits per heavy atom. The van der Waals surface area contributed by atoms with Crippen LogP contribution in [0.25, 0.3) is 0 Å². The molecular formula is C15H13N3O3. The molecule has 2 aromatic rings. The van der Waals surface area contributed by atoms with E-state index in [1.54, 1.807) is 19.4 Å². The van der Waals surface area contributed by atoms with Gasteiger partial charge in [-0.2, -0.15) is 0 Å². The molecule has 0 bridgehead atoms. The van der Waals surface area contributed by atoms with Crippen LogP contribution in [0.2, 0.25) is 0 Å². The van der Waals surface area contributed by atoms with Crippen molar-refractivity contribution in [1.29, 1.82) is 0 Å². The first-order valence-electron chi connectivity index (χ1n) is 6.53. The van der Waals surface area contributed by atoms with Crippen molar-refractivity contribution in [1.82, 2.24) is 4.98 Å². The second kappa shape index (κ2) is 4.12. The highest BCUT2D eigenvalue weighted by atomic mass is 16.5. The number of para-hydroxylation sites is 1. The Balaban J connectivity index is 2.06. The summed E-state index contributed by atoms with van der Waals surface area (Å²) in [6.45, 7) is 0.300. The molecular weight excluding hydrogens is 270 g/mol. The maximum Gasteiger partial charge on any atom is 0.283 e. The largest absolute Gasteiger partial charge is 0.496 e. The lowest BCUT2D eigenvalue weighted by Gasteiger charge is -2.33. The molecule has 0 amide bonds. The van der Waals surface area contributed by atoms with Gasteiger partial charge in [0, 0.05) is 11.8 Å². The number of nitrogens with zero attached hydrogens (tertiary/aromatic N) is 2. The van der Waals surface area contributed by atoms with Gasteiger partial charge in [-0.15, -0.1) is 0 Å². The van der Waals surface area contributed by atoms with Crippen LogP contribution >= 0.6 is 0 Å². The molecule has 0 saturated heterocycles. The first-order chi connectivity index (χ1) is 10.2. The highest BCUT2D eigenvalue weighted by Crippen LogP contribution is 2.52. The predicted molar refractivity (Wildman–Crippen MR) is 75.7 cm³/mol. The number of hydrogen-bond donors (Lipinski definition) is 1. The van der Waals surface area contributed by atoms with Crippen LogP contribution in [0, 0.1) is 0 Å². The predicted octanol–water partition coefficient (Wildman–Crippen LogP) is 1.78. The molecule has 0 saturated carbocycles. The van der Waals surface area contributed by atoms with Crippen LogP contribution in [-0.4, -0.2) is 24.7 Å². The minimum atomic E-state index is -0.770. The van der Waals surface area contributed by atoms with E-state index in [-0.39, 0.29) is 6.02 Å². The summed E-state index contributed by atoms with van der Waals surface area (Å²) in [6, 6.07) is 9.61. The fourth-order valence-corrected chi connectivity index (χ4v) is 2.89. The van der Waals surface area contributed by atoms with Gasteiger partial charge < -0.3 is 19.9 Å². The number of hydrogen-bond acceptors (Lipinski definition) is 6. The molecule has 2 N–H and O–H groups in total. The van der Waals surface area contributed by atoms with Gasteiger partial charge in [0.05, 0.1) is 12.7 Å². The van der Waals surface area contributed by atoms with Crippen molar-refractivity contribution < 1.29 is 14.2 Å². The lowest BCUT2D eigenvalue weighted by Crippen LogP contribution is -2.32. The Labute approximate surface area is 121 Å². The summed E-state index contributed by atoms with van der Waals surface area (Å²) in [6.07, 6.45) is 1.64. The molecule has 1 aromatic heterocycles. The summed E-state index contributed by atoms with van der Waals surface area (Å²) in [5.41, 5.74) is 6.64. The first-order valence-corrected chi connectivity index (χ1v) is 6.53. The lowest BCUT2D eigenvalue weighted by molar-refractivity contribution is 0.256. The number of fused-ring (bicyclic) bond motifs is 4. The van der Waals surface area contributed by atoms with E-state index in [0.717, 1.165) is 11.1 Å². The van der Waals surface area contributed by atoms with Gasteiger partial charge in [0.15, 0.2) is 5.54 Å². The van der Waals surface area contributed by atoms with Crippen LogP contribution in [-0.2, 0) is 10.3 Å². The summed E-state index contributed by atoms with van der Waals surface area (Å²) in [5, 5.41) is 0.